The molecule has 0 saturated carbocycles. The molecule has 158 valence electrons. The van der Waals surface area contributed by atoms with E-state index in [2.05, 4.69) is 35.2 Å². The first kappa shape index (κ1) is 26.1. The molecule has 6 heteroatoms. The number of unbranched alkanes of at least 4 members (excludes halogenated alkanes) is 9. The van der Waals surface area contributed by atoms with Crippen molar-refractivity contribution in [1.82, 2.24) is 0 Å². The quantitative estimate of drug-likeness (QED) is 0.220. The Morgan fingerprint density at radius 1 is 0.577 bits per heavy atom. The van der Waals surface area contributed by atoms with Gasteiger partial charge in [0.2, 0.25) is 0 Å². The molecule has 0 aliphatic heterocycles. The van der Waals surface area contributed by atoms with E-state index >= 15 is 0 Å². The molecule has 0 fully saturated rings. The molecule has 0 amide bonds. The molecule has 0 heterocycles. The largest absolute Gasteiger partial charge is 0.331 e. The lowest BCUT2D eigenvalue weighted by molar-refractivity contribution is -0.902. The monoisotopic (exact) mass is 394 g/mol. The summed E-state index contributed by atoms with van der Waals surface area (Å²) in [5.41, 5.74) is 0. The molecule has 0 unspecified atom stereocenters. The van der Waals surface area contributed by atoms with Gasteiger partial charge in [0.05, 0.1) is 54.9 Å². The maximum absolute atomic E-state index is 10.7. The second-order valence-corrected chi connectivity index (χ2v) is 11.5. The average Bonchev–Trinajstić information content (AvgIpc) is 2.45. The zero-order valence-electron chi connectivity index (χ0n) is 18.3. The van der Waals surface area contributed by atoms with Crippen molar-refractivity contribution in [3.63, 3.8) is 0 Å². The zero-order chi connectivity index (χ0) is 20.1. The number of hydrogen-bond acceptors (Lipinski definition) is 1. The lowest BCUT2D eigenvalue weighted by Crippen LogP contribution is -2.44. The summed E-state index contributed by atoms with van der Waals surface area (Å²) in [7, 11) is 7.75. The minimum Gasteiger partial charge on any atom is -0.331 e. The summed E-state index contributed by atoms with van der Waals surface area (Å²) in [6.45, 7) is 3.81. The van der Waals surface area contributed by atoms with Crippen molar-refractivity contribution in [3.8, 4) is 0 Å². The topological polar surface area (TPSA) is 57.5 Å². The van der Waals surface area contributed by atoms with E-state index in [1.807, 2.05) is 0 Å². The van der Waals surface area contributed by atoms with Gasteiger partial charge < -0.3 is 18.8 Å². The van der Waals surface area contributed by atoms with E-state index in [-0.39, 0.29) is 6.16 Å². The van der Waals surface area contributed by atoms with Gasteiger partial charge in [-0.1, -0.05) is 44.9 Å². The van der Waals surface area contributed by atoms with Crippen LogP contribution >= 0.6 is 7.60 Å². The molecule has 0 radical (unpaired) electrons. The molecule has 0 aromatic carbocycles. The van der Waals surface area contributed by atoms with Gasteiger partial charge in [0.15, 0.2) is 0 Å². The molecule has 0 saturated heterocycles. The summed E-state index contributed by atoms with van der Waals surface area (Å²) in [6, 6.07) is 0. The fourth-order valence-corrected chi connectivity index (χ4v) is 3.99. The van der Waals surface area contributed by atoms with Gasteiger partial charge in [-0.25, -0.2) is 0 Å². The Hall–Kier alpha value is 0.0700. The third-order valence-corrected chi connectivity index (χ3v) is 5.95. The van der Waals surface area contributed by atoms with Crippen molar-refractivity contribution in [1.29, 1.82) is 0 Å². The van der Waals surface area contributed by atoms with Crippen molar-refractivity contribution in [3.05, 3.63) is 0 Å². The first-order valence-corrected chi connectivity index (χ1v) is 12.4. The van der Waals surface area contributed by atoms with Crippen LogP contribution in [0.5, 0.6) is 0 Å². The van der Waals surface area contributed by atoms with Crippen LogP contribution in [0.3, 0.4) is 0 Å². The first-order valence-electron chi connectivity index (χ1n) is 10.6. The lowest BCUT2D eigenvalue weighted by atomic mass is 10.1. The lowest BCUT2D eigenvalue weighted by Gasteiger charge is -2.31. The predicted molar refractivity (Wildman–Crippen MR) is 112 cm³/mol. The van der Waals surface area contributed by atoms with Gasteiger partial charge in [-0.15, -0.1) is 0 Å². The maximum Gasteiger partial charge on any atom is 0.325 e. The summed E-state index contributed by atoms with van der Waals surface area (Å²) in [6.07, 6.45) is 13.2. The van der Waals surface area contributed by atoms with Crippen LogP contribution < -0.4 is 0 Å². The van der Waals surface area contributed by atoms with Crippen LogP contribution in [0.2, 0.25) is 0 Å². The molecule has 0 spiro atoms. The van der Waals surface area contributed by atoms with E-state index < -0.39 is 7.60 Å². The minimum atomic E-state index is -3.77. The molecule has 0 aromatic rings. The van der Waals surface area contributed by atoms with Crippen molar-refractivity contribution in [2.75, 3.05) is 61.0 Å². The van der Waals surface area contributed by atoms with Crippen LogP contribution in [0.25, 0.3) is 0 Å². The van der Waals surface area contributed by atoms with E-state index in [4.69, 9.17) is 9.79 Å². The molecular formula is C20H47N2O3P+2. The summed E-state index contributed by atoms with van der Waals surface area (Å²) in [5, 5.41) is 0. The molecule has 0 atom stereocenters. The molecule has 2 N–H and O–H groups in total. The van der Waals surface area contributed by atoms with Crippen LogP contribution in [0, 0.1) is 0 Å². The summed E-state index contributed by atoms with van der Waals surface area (Å²) in [5.74, 6) is 0. The Morgan fingerprint density at radius 3 is 1.38 bits per heavy atom. The highest BCUT2D eigenvalue weighted by Gasteiger charge is 2.16. The van der Waals surface area contributed by atoms with E-state index in [1.165, 1.54) is 71.0 Å². The normalized spacial score (nSPS) is 13.3. The van der Waals surface area contributed by atoms with Gasteiger partial charge in [-0.3, -0.25) is 4.57 Å². The Labute approximate surface area is 163 Å². The molecule has 0 bridgehead atoms. The molecule has 0 aliphatic rings. The Kier molecular flexibility index (Phi) is 13.3. The van der Waals surface area contributed by atoms with Crippen molar-refractivity contribution < 1.29 is 23.3 Å². The maximum atomic E-state index is 10.7. The van der Waals surface area contributed by atoms with Crippen LogP contribution in [0.4, 0.5) is 0 Å². The van der Waals surface area contributed by atoms with Crippen molar-refractivity contribution in [2.45, 2.75) is 70.6 Å². The van der Waals surface area contributed by atoms with Crippen LogP contribution in [0.15, 0.2) is 0 Å². The average molecular weight is 395 g/mol. The smallest absolute Gasteiger partial charge is 0.325 e. The number of nitrogens with zero attached hydrogens (tertiary/aromatic N) is 2. The standard InChI is InChI=1S/C20H45N2O3P/c1-21(2,3)17-16-19-22(4,5)18-14-12-10-8-6-7-9-11-13-15-20-26(23,24)25/h6-20H2,1-5H3/p+2. The SMILES string of the molecule is C[N+](C)(C)CCC[N+](C)(C)CCCCCCCCCCCCP(=O)(O)O. The number of rotatable bonds is 17. The van der Waals surface area contributed by atoms with E-state index in [0.29, 0.717) is 6.42 Å². The first-order chi connectivity index (χ1) is 11.9. The molecule has 0 aromatic heterocycles. The van der Waals surface area contributed by atoms with Gasteiger partial charge in [0.1, 0.15) is 0 Å². The van der Waals surface area contributed by atoms with Crippen molar-refractivity contribution in [2.24, 2.45) is 0 Å². The summed E-state index contributed by atoms with van der Waals surface area (Å²) in [4.78, 5) is 17.6. The second-order valence-electron chi connectivity index (χ2n) is 9.67. The van der Waals surface area contributed by atoms with E-state index in [9.17, 15) is 4.57 Å². The van der Waals surface area contributed by atoms with Gasteiger partial charge >= 0.3 is 7.60 Å². The Bertz CT molecular complexity index is 389. The third kappa shape index (κ3) is 20.4. The fourth-order valence-electron chi connectivity index (χ4n) is 3.36. The van der Waals surface area contributed by atoms with Crippen LogP contribution in [0.1, 0.15) is 70.6 Å². The van der Waals surface area contributed by atoms with Gasteiger partial charge in [-0.2, -0.15) is 0 Å². The number of quaternary nitrogens is 2. The van der Waals surface area contributed by atoms with Gasteiger partial charge in [0, 0.05) is 12.6 Å². The van der Waals surface area contributed by atoms with Gasteiger partial charge in [0.25, 0.3) is 0 Å². The summed E-state index contributed by atoms with van der Waals surface area (Å²) >= 11 is 0. The predicted octanol–water partition coefficient (Wildman–Crippen LogP) is 4.24. The highest BCUT2D eigenvalue weighted by molar-refractivity contribution is 7.51. The van der Waals surface area contributed by atoms with Crippen LogP contribution in [-0.4, -0.2) is 79.8 Å². The molecule has 0 aliphatic carbocycles. The Balaban J connectivity index is 3.40. The fraction of sp³-hybridized carbons (Fsp3) is 1.00. The van der Waals surface area contributed by atoms with Crippen molar-refractivity contribution >= 4 is 7.60 Å². The molecular weight excluding hydrogens is 347 g/mol. The van der Waals surface area contributed by atoms with E-state index in [1.54, 1.807) is 0 Å². The zero-order valence-corrected chi connectivity index (χ0v) is 19.1. The van der Waals surface area contributed by atoms with Gasteiger partial charge in [-0.05, 0) is 19.3 Å². The number of hydrogen-bond donors (Lipinski definition) is 2. The third-order valence-electron chi connectivity index (χ3n) is 5.06. The minimum absolute atomic E-state index is 0.0528. The molecule has 0 rings (SSSR count). The summed E-state index contributed by atoms with van der Waals surface area (Å²) < 4.78 is 12.9. The molecule has 5 nitrogen and oxygen atoms in total. The second kappa shape index (κ2) is 13.3. The Morgan fingerprint density at radius 2 is 0.962 bits per heavy atom. The highest BCUT2D eigenvalue weighted by Crippen LogP contribution is 2.35. The van der Waals surface area contributed by atoms with Crippen LogP contribution in [-0.2, 0) is 4.57 Å². The van der Waals surface area contributed by atoms with E-state index in [0.717, 1.165) is 21.8 Å². The molecule has 26 heavy (non-hydrogen) atoms. The highest BCUT2D eigenvalue weighted by atomic mass is 31.2.